The van der Waals surface area contributed by atoms with Crippen LogP contribution in [0.5, 0.6) is 0 Å². The number of benzene rings is 1. The monoisotopic (exact) mass is 363 g/mol. The van der Waals surface area contributed by atoms with Gasteiger partial charge in [0.2, 0.25) is 10.0 Å². The smallest absolute Gasteiger partial charge is 0.241 e. The summed E-state index contributed by atoms with van der Waals surface area (Å²) in [5.74, 6) is 0. The van der Waals surface area contributed by atoms with Crippen LogP contribution in [-0.2, 0) is 10.0 Å². The molecule has 1 saturated heterocycles. The molecule has 1 aliphatic heterocycles. The van der Waals surface area contributed by atoms with Crippen molar-refractivity contribution >= 4 is 45.6 Å². The first kappa shape index (κ1) is 19.1. The fourth-order valence-electron chi connectivity index (χ4n) is 2.55. The summed E-state index contributed by atoms with van der Waals surface area (Å²) in [5, 5.41) is 4.77. The molecule has 0 radical (unpaired) electrons. The van der Waals surface area contributed by atoms with E-state index in [1.165, 1.54) is 0 Å². The molecule has 0 saturated carbocycles. The van der Waals surface area contributed by atoms with E-state index in [2.05, 4.69) is 15.0 Å². The van der Waals surface area contributed by atoms with E-state index in [0.717, 1.165) is 31.3 Å². The Kier molecular flexibility index (Phi) is 7.02. The second-order valence-electron chi connectivity index (χ2n) is 5.00. The van der Waals surface area contributed by atoms with Crippen LogP contribution in [0.2, 0.25) is 0 Å². The molecule has 8 heteroatoms. The van der Waals surface area contributed by atoms with Crippen LogP contribution in [0.25, 0.3) is 10.8 Å². The Balaban J connectivity index is 0.00000121. The van der Waals surface area contributed by atoms with Crippen LogP contribution in [0.1, 0.15) is 12.8 Å². The highest BCUT2D eigenvalue weighted by atomic mass is 35.5. The van der Waals surface area contributed by atoms with Gasteiger partial charge in [0.25, 0.3) is 0 Å². The fourth-order valence-corrected chi connectivity index (χ4v) is 4.08. The number of hydrogen-bond acceptors (Lipinski definition) is 4. The fraction of sp³-hybridized carbons (Fsp3) is 0.357. The van der Waals surface area contributed by atoms with Crippen LogP contribution in [-0.4, -0.2) is 32.5 Å². The lowest BCUT2D eigenvalue weighted by molar-refractivity contribution is 0.427. The maximum atomic E-state index is 12.6. The minimum atomic E-state index is -3.49. The summed E-state index contributed by atoms with van der Waals surface area (Å²) in [7, 11) is -3.49. The number of rotatable bonds is 3. The molecule has 0 aliphatic carbocycles. The average Bonchev–Trinajstić information content (AvgIpc) is 2.47. The zero-order valence-corrected chi connectivity index (χ0v) is 14.3. The summed E-state index contributed by atoms with van der Waals surface area (Å²) in [6.07, 6.45) is 4.95. The van der Waals surface area contributed by atoms with Gasteiger partial charge >= 0.3 is 0 Å². The number of fused-ring (bicyclic) bond motifs is 1. The van der Waals surface area contributed by atoms with Gasteiger partial charge in [0.05, 0.1) is 4.90 Å². The highest BCUT2D eigenvalue weighted by molar-refractivity contribution is 7.89. The Labute approximate surface area is 142 Å². The van der Waals surface area contributed by atoms with Gasteiger partial charge in [-0.15, -0.1) is 24.8 Å². The van der Waals surface area contributed by atoms with E-state index in [4.69, 9.17) is 0 Å². The number of pyridine rings is 1. The molecular weight excluding hydrogens is 345 g/mol. The van der Waals surface area contributed by atoms with E-state index in [1.54, 1.807) is 30.6 Å². The number of sulfonamides is 1. The van der Waals surface area contributed by atoms with Gasteiger partial charge in [-0.05, 0) is 38.1 Å². The summed E-state index contributed by atoms with van der Waals surface area (Å²) >= 11 is 0. The van der Waals surface area contributed by atoms with E-state index in [-0.39, 0.29) is 30.9 Å². The molecule has 5 nitrogen and oxygen atoms in total. The van der Waals surface area contributed by atoms with Crippen LogP contribution in [0.4, 0.5) is 0 Å². The highest BCUT2D eigenvalue weighted by Gasteiger charge is 2.23. The molecule has 0 spiro atoms. The number of piperidine rings is 1. The zero-order chi connectivity index (χ0) is 14.0. The summed E-state index contributed by atoms with van der Waals surface area (Å²) in [4.78, 5) is 4.36. The third-order valence-corrected chi connectivity index (χ3v) is 5.17. The van der Waals surface area contributed by atoms with Crippen LogP contribution < -0.4 is 10.0 Å². The van der Waals surface area contributed by atoms with Gasteiger partial charge in [0.15, 0.2) is 0 Å². The van der Waals surface area contributed by atoms with E-state index < -0.39 is 10.0 Å². The minimum absolute atomic E-state index is 0. The Bertz CT molecular complexity index is 714. The molecular formula is C14H19Cl2N3O2S. The predicted molar refractivity (Wildman–Crippen MR) is 92.5 cm³/mol. The summed E-state index contributed by atoms with van der Waals surface area (Å²) in [6, 6.07) is 7.02. The van der Waals surface area contributed by atoms with Crippen molar-refractivity contribution in [2.45, 2.75) is 23.8 Å². The van der Waals surface area contributed by atoms with Crippen molar-refractivity contribution in [3.8, 4) is 0 Å². The number of aromatic nitrogens is 1. The molecule has 0 bridgehead atoms. The van der Waals surface area contributed by atoms with Crippen LogP contribution in [0, 0.1) is 0 Å². The lowest BCUT2D eigenvalue weighted by Crippen LogP contribution is -2.42. The first-order valence-corrected chi connectivity index (χ1v) is 8.21. The summed E-state index contributed by atoms with van der Waals surface area (Å²) in [5.41, 5.74) is 0. The molecule has 0 atom stereocenters. The van der Waals surface area contributed by atoms with E-state index in [0.29, 0.717) is 10.3 Å². The van der Waals surface area contributed by atoms with Crippen molar-refractivity contribution in [3.05, 3.63) is 36.7 Å². The first-order chi connectivity index (χ1) is 9.67. The molecule has 1 aromatic heterocycles. The lowest BCUT2D eigenvalue weighted by atomic mass is 10.1. The Morgan fingerprint density at radius 1 is 1.14 bits per heavy atom. The van der Waals surface area contributed by atoms with Crippen molar-refractivity contribution in [3.63, 3.8) is 0 Å². The number of hydrogen-bond donors (Lipinski definition) is 2. The molecule has 2 aromatic rings. The summed E-state index contributed by atoms with van der Waals surface area (Å²) < 4.78 is 27.9. The highest BCUT2D eigenvalue weighted by Crippen LogP contribution is 2.22. The minimum Gasteiger partial charge on any atom is -0.317 e. The van der Waals surface area contributed by atoms with Crippen molar-refractivity contribution in [1.82, 2.24) is 15.0 Å². The Morgan fingerprint density at radius 3 is 2.59 bits per heavy atom. The lowest BCUT2D eigenvalue weighted by Gasteiger charge is -2.23. The van der Waals surface area contributed by atoms with Crippen molar-refractivity contribution in [1.29, 1.82) is 0 Å². The molecule has 122 valence electrons. The molecule has 1 aliphatic rings. The molecule has 3 rings (SSSR count). The molecule has 22 heavy (non-hydrogen) atoms. The SMILES string of the molecule is Cl.Cl.O=S(=O)(NC1CCNCC1)c1cccc2cnccc12. The third kappa shape index (κ3) is 4.08. The zero-order valence-electron chi connectivity index (χ0n) is 11.9. The normalized spacial score (nSPS) is 15.8. The van der Waals surface area contributed by atoms with Gasteiger partial charge in [0.1, 0.15) is 0 Å². The number of halogens is 2. The maximum absolute atomic E-state index is 12.6. The largest absolute Gasteiger partial charge is 0.317 e. The third-order valence-electron chi connectivity index (χ3n) is 3.59. The molecule has 0 unspecified atom stereocenters. The summed E-state index contributed by atoms with van der Waals surface area (Å²) in [6.45, 7) is 1.71. The van der Waals surface area contributed by atoms with Crippen molar-refractivity contribution in [2.24, 2.45) is 0 Å². The average molecular weight is 364 g/mol. The topological polar surface area (TPSA) is 71.1 Å². The predicted octanol–water partition coefficient (Wildman–Crippen LogP) is 2.11. The van der Waals surface area contributed by atoms with Gasteiger partial charge in [-0.3, -0.25) is 4.98 Å². The van der Waals surface area contributed by atoms with Crippen LogP contribution in [0.15, 0.2) is 41.6 Å². The Hall–Kier alpha value is -0.920. The van der Waals surface area contributed by atoms with E-state index >= 15 is 0 Å². The van der Waals surface area contributed by atoms with E-state index in [9.17, 15) is 8.42 Å². The van der Waals surface area contributed by atoms with Gasteiger partial charge < -0.3 is 5.32 Å². The van der Waals surface area contributed by atoms with Gasteiger partial charge in [-0.1, -0.05) is 12.1 Å². The first-order valence-electron chi connectivity index (χ1n) is 6.72. The van der Waals surface area contributed by atoms with Gasteiger partial charge in [0, 0.05) is 29.2 Å². The van der Waals surface area contributed by atoms with Gasteiger partial charge in [-0.25, -0.2) is 13.1 Å². The van der Waals surface area contributed by atoms with Crippen molar-refractivity contribution < 1.29 is 8.42 Å². The second-order valence-corrected chi connectivity index (χ2v) is 6.68. The van der Waals surface area contributed by atoms with Gasteiger partial charge in [-0.2, -0.15) is 0 Å². The molecule has 0 amide bonds. The van der Waals surface area contributed by atoms with Crippen molar-refractivity contribution in [2.75, 3.05) is 13.1 Å². The molecule has 1 aromatic carbocycles. The van der Waals surface area contributed by atoms with Crippen LogP contribution >= 0.6 is 24.8 Å². The number of nitrogens with one attached hydrogen (secondary N) is 2. The quantitative estimate of drug-likeness (QED) is 0.875. The second kappa shape index (κ2) is 8.08. The van der Waals surface area contributed by atoms with E-state index in [1.807, 2.05) is 6.07 Å². The van der Waals surface area contributed by atoms with Crippen LogP contribution in [0.3, 0.4) is 0 Å². The molecule has 1 fully saturated rings. The maximum Gasteiger partial charge on any atom is 0.241 e. The standard InChI is InChI=1S/C14H17N3O2S.2ClH/c18-20(19,17-12-4-7-15-8-5-12)14-3-1-2-11-10-16-9-6-13(11)14;;/h1-3,6,9-10,12,15,17H,4-5,7-8H2;2*1H. The number of nitrogens with zero attached hydrogens (tertiary/aromatic N) is 1. The molecule has 2 heterocycles. The molecule has 2 N–H and O–H groups in total. The Morgan fingerprint density at radius 2 is 1.86 bits per heavy atom.